The van der Waals surface area contributed by atoms with Crippen LogP contribution < -0.4 is 15.2 Å². The molecule has 1 aromatic carbocycles. The molecule has 6 heteroatoms. The van der Waals surface area contributed by atoms with Crippen molar-refractivity contribution in [2.45, 2.75) is 38.3 Å². The van der Waals surface area contributed by atoms with Crippen LogP contribution in [0.3, 0.4) is 0 Å². The van der Waals surface area contributed by atoms with Gasteiger partial charge in [-0.1, -0.05) is 0 Å². The van der Waals surface area contributed by atoms with Crippen molar-refractivity contribution in [1.29, 1.82) is 0 Å². The van der Waals surface area contributed by atoms with E-state index in [1.165, 1.54) is 11.3 Å². The number of likely N-dealkylation sites (tertiary alicyclic amines) is 1. The number of benzene rings is 1. The minimum atomic E-state index is -0.00326. The van der Waals surface area contributed by atoms with E-state index in [4.69, 9.17) is 15.2 Å². The molecule has 0 bridgehead atoms. The highest BCUT2D eigenvalue weighted by atomic mass is 32.1. The van der Waals surface area contributed by atoms with E-state index in [1.54, 1.807) is 0 Å². The van der Waals surface area contributed by atoms with Crippen molar-refractivity contribution < 1.29 is 14.3 Å². The lowest BCUT2D eigenvalue weighted by Crippen LogP contribution is -2.51. The lowest BCUT2D eigenvalue weighted by molar-refractivity contribution is 0.0589. The Bertz CT molecular complexity index is 802. The maximum Gasteiger partial charge on any atom is 0.264 e. The van der Waals surface area contributed by atoms with Crippen molar-refractivity contribution >= 4 is 17.2 Å². The Hall–Kier alpha value is -2.05. The molecule has 0 aliphatic carbocycles. The molecule has 2 atom stereocenters. The molecule has 0 saturated carbocycles. The first-order valence-electron chi connectivity index (χ1n) is 9.20. The lowest BCUT2D eigenvalue weighted by Gasteiger charge is -2.37. The predicted octanol–water partition coefficient (Wildman–Crippen LogP) is 3.53. The molecule has 2 aromatic rings. The maximum atomic E-state index is 13.0. The van der Waals surface area contributed by atoms with Gasteiger partial charge in [0.2, 0.25) is 0 Å². The second-order valence-electron chi connectivity index (χ2n) is 6.94. The number of hydrogen-bond acceptors (Lipinski definition) is 5. The average Bonchev–Trinajstić information content (AvgIpc) is 3.17. The molecule has 2 aliphatic heterocycles. The zero-order chi connectivity index (χ0) is 18.1. The SMILES string of the molecule is CC(N)C1CCCCN1C(=O)c1ccc(-c2ccc3c(c2)OCCO3)s1. The molecule has 0 radical (unpaired) electrons. The number of thiophene rings is 1. The predicted molar refractivity (Wildman–Crippen MR) is 103 cm³/mol. The third-order valence-corrected chi connectivity index (χ3v) is 6.18. The maximum absolute atomic E-state index is 13.0. The zero-order valence-electron chi connectivity index (χ0n) is 14.9. The minimum Gasteiger partial charge on any atom is -0.486 e. The van der Waals surface area contributed by atoms with Crippen LogP contribution in [0.25, 0.3) is 10.4 Å². The van der Waals surface area contributed by atoms with E-state index < -0.39 is 0 Å². The summed E-state index contributed by atoms with van der Waals surface area (Å²) in [6.45, 7) is 3.94. The van der Waals surface area contributed by atoms with Gasteiger partial charge in [0.1, 0.15) is 13.2 Å². The number of nitrogens with zero attached hydrogens (tertiary/aromatic N) is 1. The number of carbonyl (C=O) groups is 1. The number of ether oxygens (including phenoxy) is 2. The largest absolute Gasteiger partial charge is 0.486 e. The van der Waals surface area contributed by atoms with Gasteiger partial charge in [-0.05, 0) is 62.1 Å². The summed E-state index contributed by atoms with van der Waals surface area (Å²) in [6, 6.07) is 9.99. The monoisotopic (exact) mass is 372 g/mol. The molecule has 138 valence electrons. The zero-order valence-corrected chi connectivity index (χ0v) is 15.8. The van der Waals surface area contributed by atoms with Gasteiger partial charge in [0.25, 0.3) is 5.91 Å². The first-order valence-corrected chi connectivity index (χ1v) is 10.0. The molecule has 2 unspecified atom stereocenters. The van der Waals surface area contributed by atoms with Crippen LogP contribution in [-0.2, 0) is 0 Å². The third kappa shape index (κ3) is 3.31. The highest BCUT2D eigenvalue weighted by Crippen LogP contribution is 2.37. The van der Waals surface area contributed by atoms with Crippen LogP contribution in [0.1, 0.15) is 35.9 Å². The molecule has 0 spiro atoms. The fraction of sp³-hybridized carbons (Fsp3) is 0.450. The highest BCUT2D eigenvalue weighted by Gasteiger charge is 2.30. The van der Waals surface area contributed by atoms with Crippen molar-refractivity contribution in [2.24, 2.45) is 5.73 Å². The number of amides is 1. The Kier molecular flexibility index (Phi) is 4.87. The smallest absolute Gasteiger partial charge is 0.264 e. The van der Waals surface area contributed by atoms with Gasteiger partial charge in [0.15, 0.2) is 11.5 Å². The summed E-state index contributed by atoms with van der Waals surface area (Å²) in [5.41, 5.74) is 7.16. The molecular formula is C20H24N2O3S. The number of hydrogen-bond donors (Lipinski definition) is 1. The Morgan fingerprint density at radius 2 is 2.00 bits per heavy atom. The molecule has 1 aromatic heterocycles. The van der Waals surface area contributed by atoms with Crippen molar-refractivity contribution in [3.63, 3.8) is 0 Å². The van der Waals surface area contributed by atoms with Crippen LogP contribution in [0.15, 0.2) is 30.3 Å². The van der Waals surface area contributed by atoms with Gasteiger partial charge in [-0.15, -0.1) is 11.3 Å². The summed E-state index contributed by atoms with van der Waals surface area (Å²) in [6.07, 6.45) is 3.18. The number of piperidine rings is 1. The normalized spacial score (nSPS) is 20.7. The van der Waals surface area contributed by atoms with Crippen LogP contribution in [0.2, 0.25) is 0 Å². The van der Waals surface area contributed by atoms with Gasteiger partial charge in [-0.3, -0.25) is 4.79 Å². The molecule has 3 heterocycles. The topological polar surface area (TPSA) is 64.8 Å². The van der Waals surface area contributed by atoms with Gasteiger partial charge < -0.3 is 20.1 Å². The van der Waals surface area contributed by atoms with Gasteiger partial charge >= 0.3 is 0 Å². The molecule has 26 heavy (non-hydrogen) atoms. The Morgan fingerprint density at radius 3 is 2.81 bits per heavy atom. The molecule has 1 saturated heterocycles. The molecule has 2 aliphatic rings. The van der Waals surface area contributed by atoms with E-state index in [2.05, 4.69) is 0 Å². The van der Waals surface area contributed by atoms with Crippen LogP contribution in [0.5, 0.6) is 11.5 Å². The van der Waals surface area contributed by atoms with E-state index in [0.717, 1.165) is 52.6 Å². The number of fused-ring (bicyclic) bond motifs is 1. The Labute approximate surface area is 157 Å². The number of carbonyl (C=O) groups excluding carboxylic acids is 1. The lowest BCUT2D eigenvalue weighted by atomic mass is 9.97. The van der Waals surface area contributed by atoms with E-state index in [1.807, 2.05) is 42.2 Å². The molecule has 4 rings (SSSR count). The van der Waals surface area contributed by atoms with E-state index in [-0.39, 0.29) is 18.0 Å². The standard InChI is InChI=1S/C20H24N2O3S/c1-13(21)15-4-2-3-9-22(15)20(23)19-8-7-18(26-19)14-5-6-16-17(12-14)25-11-10-24-16/h5-8,12-13,15H,2-4,9-11,21H2,1H3. The molecule has 2 N–H and O–H groups in total. The van der Waals surface area contributed by atoms with Gasteiger partial charge in [0.05, 0.1) is 4.88 Å². The van der Waals surface area contributed by atoms with Gasteiger partial charge in [-0.25, -0.2) is 0 Å². The number of nitrogens with two attached hydrogens (primary N) is 1. The summed E-state index contributed by atoms with van der Waals surface area (Å²) in [4.78, 5) is 16.8. The Balaban J connectivity index is 1.56. The first kappa shape index (κ1) is 17.4. The van der Waals surface area contributed by atoms with Crippen LogP contribution >= 0.6 is 11.3 Å². The average molecular weight is 372 g/mol. The third-order valence-electron chi connectivity index (χ3n) is 5.06. The first-order chi connectivity index (χ1) is 12.6. The van der Waals surface area contributed by atoms with Crippen molar-refractivity contribution in [3.05, 3.63) is 35.2 Å². The number of rotatable bonds is 3. The molecule has 1 amide bonds. The molecular weight excluding hydrogens is 348 g/mol. The second kappa shape index (κ2) is 7.29. The highest BCUT2D eigenvalue weighted by molar-refractivity contribution is 7.17. The second-order valence-corrected chi connectivity index (χ2v) is 8.03. The summed E-state index contributed by atoms with van der Waals surface area (Å²) >= 11 is 1.52. The van der Waals surface area contributed by atoms with E-state index in [9.17, 15) is 4.79 Å². The summed E-state index contributed by atoms with van der Waals surface area (Å²) in [5, 5.41) is 0. The fourth-order valence-electron chi connectivity index (χ4n) is 3.70. The van der Waals surface area contributed by atoms with Gasteiger partial charge in [0, 0.05) is 23.5 Å². The van der Waals surface area contributed by atoms with E-state index >= 15 is 0 Å². The quantitative estimate of drug-likeness (QED) is 0.895. The van der Waals surface area contributed by atoms with Crippen molar-refractivity contribution in [2.75, 3.05) is 19.8 Å². The van der Waals surface area contributed by atoms with Crippen LogP contribution in [0.4, 0.5) is 0 Å². The van der Waals surface area contributed by atoms with Crippen molar-refractivity contribution in [1.82, 2.24) is 4.90 Å². The summed E-state index contributed by atoms with van der Waals surface area (Å²) in [7, 11) is 0. The van der Waals surface area contributed by atoms with Crippen molar-refractivity contribution in [3.8, 4) is 21.9 Å². The van der Waals surface area contributed by atoms with E-state index in [0.29, 0.717) is 13.2 Å². The van der Waals surface area contributed by atoms with Crippen LogP contribution in [0, 0.1) is 0 Å². The Morgan fingerprint density at radius 1 is 1.19 bits per heavy atom. The summed E-state index contributed by atoms with van der Waals surface area (Å²) < 4.78 is 11.2. The summed E-state index contributed by atoms with van der Waals surface area (Å²) in [5.74, 6) is 1.64. The fourth-order valence-corrected chi connectivity index (χ4v) is 4.66. The molecule has 5 nitrogen and oxygen atoms in total. The van der Waals surface area contributed by atoms with Crippen LogP contribution in [-0.4, -0.2) is 42.6 Å². The van der Waals surface area contributed by atoms with Gasteiger partial charge in [-0.2, -0.15) is 0 Å². The molecule has 1 fully saturated rings. The minimum absolute atomic E-state index is 0.00326.